The van der Waals surface area contributed by atoms with Gasteiger partial charge in [-0.3, -0.25) is 0 Å². The molecular formula is C14H12I3NO2. The van der Waals surface area contributed by atoms with Gasteiger partial charge in [-0.2, -0.15) is 0 Å². The first-order valence-electron chi connectivity index (χ1n) is 5.71. The van der Waals surface area contributed by atoms with Gasteiger partial charge in [-0.25, -0.2) is 0 Å². The quantitative estimate of drug-likeness (QED) is 0.407. The molecule has 2 aromatic rings. The van der Waals surface area contributed by atoms with Gasteiger partial charge >= 0.3 is 0 Å². The second-order valence-corrected chi connectivity index (χ2v) is 7.63. The highest BCUT2D eigenvalue weighted by molar-refractivity contribution is 14.1. The first-order chi connectivity index (χ1) is 9.51. The number of halogens is 3. The minimum absolute atomic E-state index is 0.454. The van der Waals surface area contributed by atoms with E-state index < -0.39 is 0 Å². The summed E-state index contributed by atoms with van der Waals surface area (Å²) >= 11 is 6.89. The molecule has 0 aliphatic heterocycles. The van der Waals surface area contributed by atoms with E-state index in [1.165, 1.54) is 3.57 Å². The predicted molar refractivity (Wildman–Crippen MR) is 106 cm³/mol. The Kier molecular flexibility index (Phi) is 6.02. The molecule has 0 aliphatic rings. The third-order valence-corrected chi connectivity index (χ3v) is 4.87. The van der Waals surface area contributed by atoms with Gasteiger partial charge in [0, 0.05) is 20.9 Å². The lowest BCUT2D eigenvalue weighted by atomic mass is 10.2. The van der Waals surface area contributed by atoms with Crippen LogP contribution in [0.5, 0.6) is 11.5 Å². The Morgan fingerprint density at radius 3 is 2.30 bits per heavy atom. The maximum atomic E-state index is 5.95. The maximum Gasteiger partial charge on any atom is 0.146 e. The lowest BCUT2D eigenvalue weighted by Crippen LogP contribution is -2.02. The second kappa shape index (κ2) is 7.34. The van der Waals surface area contributed by atoms with Crippen molar-refractivity contribution in [2.24, 2.45) is 0 Å². The van der Waals surface area contributed by atoms with Crippen LogP contribution in [0.4, 0.5) is 5.69 Å². The van der Waals surface area contributed by atoms with Crippen LogP contribution >= 0.6 is 67.8 Å². The number of rotatable bonds is 4. The summed E-state index contributed by atoms with van der Waals surface area (Å²) in [7, 11) is 1.64. The molecule has 0 saturated carbocycles. The minimum atomic E-state index is 0.454. The monoisotopic (exact) mass is 607 g/mol. The SMILES string of the molecule is COc1cc(N)ccc1COc1c(I)cc(I)cc1I. The van der Waals surface area contributed by atoms with Gasteiger partial charge in [0.1, 0.15) is 18.1 Å². The van der Waals surface area contributed by atoms with Crippen molar-refractivity contribution in [1.82, 2.24) is 0 Å². The van der Waals surface area contributed by atoms with Gasteiger partial charge in [-0.05, 0) is 92.0 Å². The summed E-state index contributed by atoms with van der Waals surface area (Å²) in [5, 5.41) is 0. The number of methoxy groups -OCH3 is 1. The van der Waals surface area contributed by atoms with E-state index in [1.54, 1.807) is 7.11 Å². The minimum Gasteiger partial charge on any atom is -0.496 e. The predicted octanol–water partition coefficient (Wildman–Crippen LogP) is 4.67. The molecule has 0 unspecified atom stereocenters. The van der Waals surface area contributed by atoms with Crippen LogP contribution in [0, 0.1) is 10.7 Å². The zero-order valence-corrected chi connectivity index (χ0v) is 17.1. The van der Waals surface area contributed by atoms with Crippen LogP contribution in [-0.4, -0.2) is 7.11 Å². The molecule has 2 rings (SSSR count). The molecule has 0 aliphatic carbocycles. The average Bonchev–Trinajstić information content (AvgIpc) is 2.38. The van der Waals surface area contributed by atoms with Crippen LogP contribution in [0.25, 0.3) is 0 Å². The van der Waals surface area contributed by atoms with Crippen molar-refractivity contribution >= 4 is 73.5 Å². The normalized spacial score (nSPS) is 10.4. The number of ether oxygens (including phenoxy) is 2. The molecule has 106 valence electrons. The summed E-state index contributed by atoms with van der Waals surface area (Å²) < 4.78 is 14.7. The van der Waals surface area contributed by atoms with Crippen molar-refractivity contribution in [2.45, 2.75) is 6.61 Å². The fraction of sp³-hybridized carbons (Fsp3) is 0.143. The van der Waals surface area contributed by atoms with Crippen LogP contribution in [-0.2, 0) is 6.61 Å². The highest BCUT2D eigenvalue weighted by Crippen LogP contribution is 2.31. The molecule has 2 N–H and O–H groups in total. The van der Waals surface area contributed by atoms with Crippen LogP contribution in [0.2, 0.25) is 0 Å². The molecule has 0 heterocycles. The highest BCUT2D eigenvalue weighted by Gasteiger charge is 2.10. The molecule has 0 radical (unpaired) electrons. The highest BCUT2D eigenvalue weighted by atomic mass is 127. The second-order valence-electron chi connectivity index (χ2n) is 4.06. The molecule has 0 spiro atoms. The fourth-order valence-corrected chi connectivity index (χ4v) is 5.59. The molecule has 0 amide bonds. The third kappa shape index (κ3) is 4.03. The Morgan fingerprint density at radius 1 is 1.05 bits per heavy atom. The lowest BCUT2D eigenvalue weighted by molar-refractivity contribution is 0.292. The van der Waals surface area contributed by atoms with Gasteiger partial charge < -0.3 is 15.2 Å². The molecule has 2 aromatic carbocycles. The van der Waals surface area contributed by atoms with Crippen LogP contribution in [0.3, 0.4) is 0 Å². The van der Waals surface area contributed by atoms with Gasteiger partial charge in [-0.1, -0.05) is 0 Å². The van der Waals surface area contributed by atoms with Crippen LogP contribution < -0.4 is 15.2 Å². The van der Waals surface area contributed by atoms with Crippen molar-refractivity contribution in [3.8, 4) is 11.5 Å². The molecule has 6 heteroatoms. The standard InChI is InChI=1S/C14H12I3NO2/c1-19-13-6-10(18)3-2-8(13)7-20-14-11(16)4-9(15)5-12(14)17/h2-6H,7,18H2,1H3. The Bertz CT molecular complexity index is 609. The average molecular weight is 607 g/mol. The molecule has 0 atom stereocenters. The number of nitrogens with two attached hydrogens (primary N) is 1. The van der Waals surface area contributed by atoms with Crippen molar-refractivity contribution < 1.29 is 9.47 Å². The van der Waals surface area contributed by atoms with Crippen LogP contribution in [0.1, 0.15) is 5.56 Å². The number of anilines is 1. The number of nitrogen functional groups attached to an aromatic ring is 1. The van der Waals surface area contributed by atoms with E-state index in [9.17, 15) is 0 Å². The van der Waals surface area contributed by atoms with Gasteiger partial charge in [0.25, 0.3) is 0 Å². The van der Waals surface area contributed by atoms with E-state index in [2.05, 4.69) is 79.9 Å². The van der Waals surface area contributed by atoms with Gasteiger partial charge in [-0.15, -0.1) is 0 Å². The van der Waals surface area contributed by atoms with Gasteiger partial charge in [0.15, 0.2) is 0 Å². The molecular weight excluding hydrogens is 595 g/mol. The molecule has 3 nitrogen and oxygen atoms in total. The van der Waals surface area contributed by atoms with E-state index in [0.717, 1.165) is 24.2 Å². The molecule has 0 saturated heterocycles. The van der Waals surface area contributed by atoms with E-state index in [-0.39, 0.29) is 0 Å². The molecule has 0 aromatic heterocycles. The summed E-state index contributed by atoms with van der Waals surface area (Å²) in [4.78, 5) is 0. The van der Waals surface area contributed by atoms with Crippen molar-refractivity contribution in [3.05, 3.63) is 46.6 Å². The fourth-order valence-electron chi connectivity index (χ4n) is 1.70. The first kappa shape index (κ1) is 16.4. The maximum absolute atomic E-state index is 5.95. The third-order valence-electron chi connectivity index (χ3n) is 2.65. The van der Waals surface area contributed by atoms with Crippen LogP contribution in [0.15, 0.2) is 30.3 Å². The van der Waals surface area contributed by atoms with Crippen molar-refractivity contribution in [2.75, 3.05) is 12.8 Å². The summed E-state index contributed by atoms with van der Waals surface area (Å²) in [6.07, 6.45) is 0. The largest absolute Gasteiger partial charge is 0.496 e. The molecule has 0 bridgehead atoms. The number of benzene rings is 2. The lowest BCUT2D eigenvalue weighted by Gasteiger charge is -2.13. The molecule has 0 fully saturated rings. The van der Waals surface area contributed by atoms with Gasteiger partial charge in [0.2, 0.25) is 0 Å². The Hall–Kier alpha value is 0.0300. The molecule has 20 heavy (non-hydrogen) atoms. The van der Waals surface area contributed by atoms with E-state index in [4.69, 9.17) is 15.2 Å². The van der Waals surface area contributed by atoms with Gasteiger partial charge in [0.05, 0.1) is 14.3 Å². The number of hydrogen-bond acceptors (Lipinski definition) is 3. The first-order valence-corrected chi connectivity index (χ1v) is 8.94. The smallest absolute Gasteiger partial charge is 0.146 e. The number of hydrogen-bond donors (Lipinski definition) is 1. The summed E-state index contributed by atoms with van der Waals surface area (Å²) in [5.74, 6) is 1.66. The Morgan fingerprint density at radius 2 is 1.70 bits per heavy atom. The van der Waals surface area contributed by atoms with E-state index in [1.807, 2.05) is 18.2 Å². The Labute approximate surface area is 159 Å². The van der Waals surface area contributed by atoms with Crippen molar-refractivity contribution in [3.63, 3.8) is 0 Å². The summed E-state index contributed by atoms with van der Waals surface area (Å²) in [5.41, 5.74) is 7.41. The zero-order valence-electron chi connectivity index (χ0n) is 10.6. The Balaban J connectivity index is 2.21. The zero-order chi connectivity index (χ0) is 14.7. The summed E-state index contributed by atoms with van der Waals surface area (Å²) in [6, 6.07) is 9.78. The van der Waals surface area contributed by atoms with E-state index >= 15 is 0 Å². The topological polar surface area (TPSA) is 44.5 Å². The summed E-state index contributed by atoms with van der Waals surface area (Å²) in [6.45, 7) is 0.454. The van der Waals surface area contributed by atoms with E-state index in [0.29, 0.717) is 12.3 Å². The van der Waals surface area contributed by atoms with Crippen molar-refractivity contribution in [1.29, 1.82) is 0 Å².